The lowest BCUT2D eigenvalue weighted by atomic mass is 10.1. The Morgan fingerprint density at radius 1 is 1.06 bits per heavy atom. The van der Waals surface area contributed by atoms with Crippen LogP contribution in [-0.4, -0.2) is 15.0 Å². The molecule has 0 aromatic heterocycles. The summed E-state index contributed by atoms with van der Waals surface area (Å²) in [5, 5.41) is 1.94. The van der Waals surface area contributed by atoms with Crippen LogP contribution in [0.3, 0.4) is 0 Å². The van der Waals surface area contributed by atoms with E-state index in [1.807, 2.05) is 24.3 Å². The van der Waals surface area contributed by atoms with Crippen LogP contribution >= 0.6 is 0 Å². The summed E-state index contributed by atoms with van der Waals surface area (Å²) in [7, 11) is -3.95. The number of rotatable bonds is 4. The first-order chi connectivity index (χ1) is 8.11. The average Bonchev–Trinajstić information content (AvgIpc) is 2.28. The van der Waals surface area contributed by atoms with E-state index in [2.05, 4.69) is 4.18 Å². The van der Waals surface area contributed by atoms with Crippen LogP contribution in [0, 0.1) is 0 Å². The SMILES string of the molecule is CCOS(=O)(=O)Oc1ccc2ccccc2c1. The van der Waals surface area contributed by atoms with Gasteiger partial charge in [0.05, 0.1) is 6.61 Å². The fraction of sp³-hybridized carbons (Fsp3) is 0.167. The molecule has 0 aliphatic rings. The van der Waals surface area contributed by atoms with Gasteiger partial charge in [0.25, 0.3) is 0 Å². The van der Waals surface area contributed by atoms with Crippen LogP contribution in [0.4, 0.5) is 0 Å². The Bertz CT molecular complexity index is 619. The van der Waals surface area contributed by atoms with Crippen molar-refractivity contribution in [2.24, 2.45) is 0 Å². The molecule has 0 bridgehead atoms. The molecule has 0 amide bonds. The highest BCUT2D eigenvalue weighted by Gasteiger charge is 2.12. The molecule has 0 heterocycles. The molecule has 5 heteroatoms. The van der Waals surface area contributed by atoms with Gasteiger partial charge in [-0.15, -0.1) is 0 Å². The van der Waals surface area contributed by atoms with Crippen molar-refractivity contribution >= 4 is 21.2 Å². The minimum absolute atomic E-state index is 0.0515. The van der Waals surface area contributed by atoms with Crippen molar-refractivity contribution in [1.82, 2.24) is 0 Å². The monoisotopic (exact) mass is 252 g/mol. The van der Waals surface area contributed by atoms with Crippen molar-refractivity contribution in [3.63, 3.8) is 0 Å². The van der Waals surface area contributed by atoms with E-state index >= 15 is 0 Å². The van der Waals surface area contributed by atoms with Gasteiger partial charge < -0.3 is 4.18 Å². The van der Waals surface area contributed by atoms with Gasteiger partial charge in [-0.3, -0.25) is 0 Å². The standard InChI is InChI=1S/C12H12O4S/c1-2-15-17(13,14)16-12-8-7-10-5-3-4-6-11(10)9-12/h3-9H,2H2,1H3. The molecule has 90 valence electrons. The molecule has 0 unspecified atom stereocenters. The number of hydrogen-bond acceptors (Lipinski definition) is 4. The molecule has 17 heavy (non-hydrogen) atoms. The van der Waals surface area contributed by atoms with Gasteiger partial charge in [0.15, 0.2) is 0 Å². The van der Waals surface area contributed by atoms with Crippen LogP contribution in [0.1, 0.15) is 6.92 Å². The van der Waals surface area contributed by atoms with Crippen molar-refractivity contribution in [3.8, 4) is 5.75 Å². The molecular formula is C12H12O4S. The van der Waals surface area contributed by atoms with E-state index in [9.17, 15) is 8.42 Å². The molecule has 2 aromatic rings. The highest BCUT2D eigenvalue weighted by atomic mass is 32.3. The molecule has 0 fully saturated rings. The van der Waals surface area contributed by atoms with Crippen LogP contribution < -0.4 is 4.18 Å². The Morgan fingerprint density at radius 2 is 1.76 bits per heavy atom. The van der Waals surface area contributed by atoms with Gasteiger partial charge in [-0.1, -0.05) is 30.3 Å². The zero-order valence-electron chi connectivity index (χ0n) is 9.29. The van der Waals surface area contributed by atoms with E-state index in [1.165, 1.54) is 0 Å². The highest BCUT2D eigenvalue weighted by molar-refractivity contribution is 7.82. The Kier molecular flexibility index (Phi) is 3.31. The van der Waals surface area contributed by atoms with Gasteiger partial charge in [-0.05, 0) is 29.8 Å². The van der Waals surface area contributed by atoms with Crippen LogP contribution in [0.15, 0.2) is 42.5 Å². The van der Waals surface area contributed by atoms with Gasteiger partial charge in [-0.2, -0.15) is 8.42 Å². The zero-order chi connectivity index (χ0) is 12.3. The minimum Gasteiger partial charge on any atom is -0.362 e. The zero-order valence-corrected chi connectivity index (χ0v) is 10.1. The smallest absolute Gasteiger partial charge is 0.362 e. The van der Waals surface area contributed by atoms with Crippen molar-refractivity contribution in [1.29, 1.82) is 0 Å². The molecular weight excluding hydrogens is 240 g/mol. The third-order valence-corrected chi connectivity index (χ3v) is 3.10. The van der Waals surface area contributed by atoms with E-state index in [0.717, 1.165) is 10.8 Å². The van der Waals surface area contributed by atoms with E-state index < -0.39 is 10.4 Å². The van der Waals surface area contributed by atoms with Gasteiger partial charge in [0.1, 0.15) is 5.75 Å². The van der Waals surface area contributed by atoms with Gasteiger partial charge in [-0.25, -0.2) is 4.18 Å². The first-order valence-corrected chi connectivity index (χ1v) is 6.52. The molecule has 0 atom stereocenters. The normalized spacial score (nSPS) is 11.6. The quantitative estimate of drug-likeness (QED) is 0.839. The van der Waals surface area contributed by atoms with Crippen molar-refractivity contribution < 1.29 is 16.8 Å². The summed E-state index contributed by atoms with van der Waals surface area (Å²) in [4.78, 5) is 0. The molecule has 0 radical (unpaired) electrons. The van der Waals surface area contributed by atoms with Gasteiger partial charge in [0, 0.05) is 0 Å². The Morgan fingerprint density at radius 3 is 2.47 bits per heavy atom. The molecule has 0 aliphatic heterocycles. The lowest BCUT2D eigenvalue weighted by Crippen LogP contribution is -2.12. The predicted molar refractivity (Wildman–Crippen MR) is 65.1 cm³/mol. The minimum atomic E-state index is -3.95. The molecule has 2 rings (SSSR count). The maximum absolute atomic E-state index is 11.3. The predicted octanol–water partition coefficient (Wildman–Crippen LogP) is 2.50. The van der Waals surface area contributed by atoms with Crippen LogP contribution in [-0.2, 0) is 14.6 Å². The second-order valence-electron chi connectivity index (χ2n) is 3.41. The first kappa shape index (κ1) is 11.9. The second kappa shape index (κ2) is 4.73. The van der Waals surface area contributed by atoms with E-state index in [4.69, 9.17) is 4.18 Å². The lowest BCUT2D eigenvalue weighted by molar-refractivity contribution is 0.288. The van der Waals surface area contributed by atoms with Crippen molar-refractivity contribution in [2.75, 3.05) is 6.61 Å². The van der Waals surface area contributed by atoms with E-state index in [0.29, 0.717) is 0 Å². The first-order valence-electron chi connectivity index (χ1n) is 5.18. The maximum Gasteiger partial charge on any atom is 0.449 e. The topological polar surface area (TPSA) is 52.6 Å². The molecule has 4 nitrogen and oxygen atoms in total. The summed E-state index contributed by atoms with van der Waals surface area (Å²) in [6.07, 6.45) is 0. The lowest BCUT2D eigenvalue weighted by Gasteiger charge is -2.06. The number of benzene rings is 2. The Hall–Kier alpha value is -1.59. The van der Waals surface area contributed by atoms with Crippen LogP contribution in [0.25, 0.3) is 10.8 Å². The maximum atomic E-state index is 11.3. The fourth-order valence-corrected chi connectivity index (χ4v) is 2.18. The Balaban J connectivity index is 2.31. The highest BCUT2D eigenvalue weighted by Crippen LogP contribution is 2.21. The largest absolute Gasteiger partial charge is 0.449 e. The number of hydrogen-bond donors (Lipinski definition) is 0. The van der Waals surface area contributed by atoms with E-state index in [1.54, 1.807) is 25.1 Å². The fourth-order valence-electron chi connectivity index (χ4n) is 1.51. The van der Waals surface area contributed by atoms with E-state index in [-0.39, 0.29) is 12.4 Å². The summed E-state index contributed by atoms with van der Waals surface area (Å²) in [6, 6.07) is 12.7. The van der Waals surface area contributed by atoms with Crippen LogP contribution in [0.5, 0.6) is 5.75 Å². The van der Waals surface area contributed by atoms with Gasteiger partial charge in [0.2, 0.25) is 0 Å². The second-order valence-corrected chi connectivity index (χ2v) is 4.63. The third-order valence-electron chi connectivity index (χ3n) is 2.18. The van der Waals surface area contributed by atoms with Crippen LogP contribution in [0.2, 0.25) is 0 Å². The summed E-state index contributed by atoms with van der Waals surface area (Å²) < 4.78 is 31.9. The Labute approximate surface area is 100 Å². The summed E-state index contributed by atoms with van der Waals surface area (Å²) in [5.41, 5.74) is 0. The molecule has 0 saturated carbocycles. The molecule has 0 aliphatic carbocycles. The number of fused-ring (bicyclic) bond motifs is 1. The molecule has 0 spiro atoms. The summed E-state index contributed by atoms with van der Waals surface area (Å²) >= 11 is 0. The van der Waals surface area contributed by atoms with Gasteiger partial charge >= 0.3 is 10.4 Å². The molecule has 2 aromatic carbocycles. The molecule has 0 saturated heterocycles. The average molecular weight is 252 g/mol. The summed E-state index contributed by atoms with van der Waals surface area (Å²) in [5.74, 6) is 0.247. The molecule has 0 N–H and O–H groups in total. The third kappa shape index (κ3) is 2.95. The summed E-state index contributed by atoms with van der Waals surface area (Å²) in [6.45, 7) is 1.64. The van der Waals surface area contributed by atoms with Crippen molar-refractivity contribution in [3.05, 3.63) is 42.5 Å². The van der Waals surface area contributed by atoms with Crippen molar-refractivity contribution in [2.45, 2.75) is 6.92 Å².